The number of ether oxygens (including phenoxy) is 2. The van der Waals surface area contributed by atoms with Crippen molar-refractivity contribution in [3.8, 4) is 0 Å². The van der Waals surface area contributed by atoms with Gasteiger partial charge in [-0.3, -0.25) is 18.6 Å². The molecule has 3 atom stereocenters. The molecule has 0 amide bonds. The summed E-state index contributed by atoms with van der Waals surface area (Å²) in [7, 11) is -4.62. The Bertz CT molecular complexity index is 1080. The van der Waals surface area contributed by atoms with Crippen LogP contribution in [-0.2, 0) is 32.7 Å². The molecule has 0 aliphatic rings. The van der Waals surface area contributed by atoms with Crippen LogP contribution in [0.15, 0.2) is 72.9 Å². The Kier molecular flexibility index (Phi) is 34.0. The number of carbonyl (C=O) groups excluding carboxylic acids is 1. The predicted molar refractivity (Wildman–Crippen MR) is 207 cm³/mol. The number of esters is 1. The van der Waals surface area contributed by atoms with E-state index < -0.39 is 45.1 Å². The molecule has 0 fully saturated rings. The molecular weight excluding hydrogens is 669 g/mol. The van der Waals surface area contributed by atoms with Crippen LogP contribution in [0, 0.1) is 0 Å². The molecule has 0 radical (unpaired) electrons. The third-order valence-electron chi connectivity index (χ3n) is 7.50. The number of unbranched alkanes of at least 4 members (excludes halogenated alkanes) is 9. The summed E-state index contributed by atoms with van der Waals surface area (Å²) >= 11 is 0. The van der Waals surface area contributed by atoms with Gasteiger partial charge >= 0.3 is 19.8 Å². The molecule has 292 valence electrons. The average molecular weight is 738 g/mol. The Morgan fingerprint density at radius 2 is 1.14 bits per heavy atom. The zero-order valence-electron chi connectivity index (χ0n) is 31.4. The predicted octanol–water partition coefficient (Wildman–Crippen LogP) is 9.86. The summed E-state index contributed by atoms with van der Waals surface area (Å²) in [5, 5.41) is 8.85. The first-order valence-corrected chi connectivity index (χ1v) is 20.5. The van der Waals surface area contributed by atoms with Crippen LogP contribution in [0.1, 0.15) is 129 Å². The molecule has 4 N–H and O–H groups in total. The lowest BCUT2D eigenvalue weighted by Gasteiger charge is -2.20. The van der Waals surface area contributed by atoms with E-state index in [4.69, 9.17) is 24.8 Å². The van der Waals surface area contributed by atoms with Crippen LogP contribution in [0.2, 0.25) is 0 Å². The number of hydrogen-bond donors (Lipinski definition) is 3. The molecule has 0 aliphatic heterocycles. The fourth-order valence-electron chi connectivity index (χ4n) is 4.55. The topological polar surface area (TPSA) is 155 Å². The van der Waals surface area contributed by atoms with E-state index in [-0.39, 0.29) is 13.0 Å². The van der Waals surface area contributed by atoms with E-state index in [1.165, 1.54) is 32.1 Å². The molecule has 3 unspecified atom stereocenters. The van der Waals surface area contributed by atoms with Crippen molar-refractivity contribution in [1.82, 2.24) is 0 Å². The lowest BCUT2D eigenvalue weighted by Crippen LogP contribution is -2.34. The molecule has 0 bridgehead atoms. The van der Waals surface area contributed by atoms with Gasteiger partial charge in [-0.2, -0.15) is 0 Å². The molecule has 0 saturated carbocycles. The number of carboxylic acid groups (broad SMARTS) is 1. The number of carboxylic acids is 1. The van der Waals surface area contributed by atoms with Crippen molar-refractivity contribution in [2.45, 2.75) is 142 Å². The van der Waals surface area contributed by atoms with Crippen LogP contribution >= 0.6 is 7.82 Å². The highest BCUT2D eigenvalue weighted by atomic mass is 31.2. The van der Waals surface area contributed by atoms with Crippen molar-refractivity contribution in [2.24, 2.45) is 5.73 Å². The van der Waals surface area contributed by atoms with Crippen molar-refractivity contribution in [1.29, 1.82) is 0 Å². The number of carbonyl (C=O) groups is 2. The van der Waals surface area contributed by atoms with E-state index in [1.807, 2.05) is 0 Å². The first-order chi connectivity index (χ1) is 24.7. The highest BCUT2D eigenvalue weighted by molar-refractivity contribution is 7.47. The van der Waals surface area contributed by atoms with Gasteiger partial charge in [-0.1, -0.05) is 132 Å². The third kappa shape index (κ3) is 35.6. The summed E-state index contributed by atoms with van der Waals surface area (Å²) < 4.78 is 33.1. The maximum Gasteiger partial charge on any atom is 0.472 e. The summed E-state index contributed by atoms with van der Waals surface area (Å²) in [6.07, 6.45) is 42.6. The molecule has 0 aromatic carbocycles. The molecule has 0 spiro atoms. The van der Waals surface area contributed by atoms with Gasteiger partial charge in [0.15, 0.2) is 0 Å². The Hall–Kier alpha value is -2.59. The Morgan fingerprint density at radius 1 is 0.647 bits per heavy atom. The van der Waals surface area contributed by atoms with Gasteiger partial charge < -0.3 is 25.2 Å². The fraction of sp³-hybridized carbons (Fsp3) is 0.650. The largest absolute Gasteiger partial charge is 0.480 e. The molecular formula is C40H68NO9P. The molecule has 11 heteroatoms. The number of nitrogens with two attached hydrogens (primary N) is 1. The minimum atomic E-state index is -4.62. The minimum absolute atomic E-state index is 0.00455. The van der Waals surface area contributed by atoms with E-state index in [2.05, 4.69) is 91.3 Å². The number of rotatable bonds is 35. The monoisotopic (exact) mass is 737 g/mol. The van der Waals surface area contributed by atoms with Crippen LogP contribution < -0.4 is 5.73 Å². The number of allylic oxidation sites excluding steroid dienone is 12. The van der Waals surface area contributed by atoms with E-state index in [9.17, 15) is 19.0 Å². The minimum Gasteiger partial charge on any atom is -0.480 e. The quantitative estimate of drug-likeness (QED) is 0.0248. The Balaban J connectivity index is 4.35. The molecule has 0 aromatic rings. The van der Waals surface area contributed by atoms with Gasteiger partial charge in [-0.25, -0.2) is 4.57 Å². The molecule has 0 saturated heterocycles. The summed E-state index contributed by atoms with van der Waals surface area (Å²) in [6, 6.07) is -1.48. The van der Waals surface area contributed by atoms with Crippen molar-refractivity contribution in [2.75, 3.05) is 26.4 Å². The Labute approximate surface area is 308 Å². The van der Waals surface area contributed by atoms with Crippen LogP contribution in [0.4, 0.5) is 0 Å². The van der Waals surface area contributed by atoms with Gasteiger partial charge in [0.1, 0.15) is 12.1 Å². The van der Waals surface area contributed by atoms with E-state index in [0.29, 0.717) is 13.0 Å². The van der Waals surface area contributed by atoms with Gasteiger partial charge in [0, 0.05) is 13.0 Å². The first-order valence-electron chi connectivity index (χ1n) is 19.0. The average Bonchev–Trinajstić information content (AvgIpc) is 3.10. The van der Waals surface area contributed by atoms with E-state index in [0.717, 1.165) is 70.6 Å². The van der Waals surface area contributed by atoms with Gasteiger partial charge in [-0.15, -0.1) is 0 Å². The van der Waals surface area contributed by atoms with Crippen molar-refractivity contribution in [3.63, 3.8) is 0 Å². The SMILES string of the molecule is CC/C=C\C/C=C\C/C=C\C/C=C\C/C=C\C/C=C\CCCCC(=O)OC(COCCCCCCCCCC)COP(=O)(O)OCC(N)C(=O)O. The lowest BCUT2D eigenvalue weighted by atomic mass is 10.1. The third-order valence-corrected chi connectivity index (χ3v) is 8.45. The van der Waals surface area contributed by atoms with Crippen molar-refractivity contribution < 1.29 is 42.7 Å². The summed E-state index contributed by atoms with van der Waals surface area (Å²) in [4.78, 5) is 33.3. The van der Waals surface area contributed by atoms with Crippen LogP contribution in [0.25, 0.3) is 0 Å². The smallest absolute Gasteiger partial charge is 0.472 e. The fourth-order valence-corrected chi connectivity index (χ4v) is 5.32. The normalized spacial score (nSPS) is 14.9. The number of hydrogen-bond acceptors (Lipinski definition) is 8. The van der Waals surface area contributed by atoms with Crippen molar-refractivity contribution in [3.05, 3.63) is 72.9 Å². The highest BCUT2D eigenvalue weighted by Crippen LogP contribution is 2.43. The lowest BCUT2D eigenvalue weighted by molar-refractivity contribution is -0.154. The zero-order chi connectivity index (χ0) is 37.7. The Morgan fingerprint density at radius 3 is 1.67 bits per heavy atom. The zero-order valence-corrected chi connectivity index (χ0v) is 32.3. The summed E-state index contributed by atoms with van der Waals surface area (Å²) in [5.74, 6) is -1.83. The second kappa shape index (κ2) is 35.8. The standard InChI is InChI=1S/C40H68NO9P/c1-3-5-7-9-11-13-14-15-16-17-18-19-20-21-22-23-24-25-26-28-30-32-39(42)50-37(34-47-33-31-29-27-12-10-8-6-4-2)35-48-51(45,46)49-36-38(41)40(43)44/h5,7,11,13,15-16,18-19,21-22,24-25,37-38H,3-4,6,8-10,12,14,17,20,23,26-36,41H2,1-2H3,(H,43,44)(H,45,46)/b7-5-,13-11-,16-15-,19-18-,22-21-,25-24-. The highest BCUT2D eigenvalue weighted by Gasteiger charge is 2.27. The molecule has 0 aliphatic carbocycles. The second-order valence-electron chi connectivity index (χ2n) is 12.3. The maximum absolute atomic E-state index is 12.5. The van der Waals surface area contributed by atoms with Gasteiger partial charge in [0.2, 0.25) is 0 Å². The number of phosphoric acid groups is 1. The molecule has 0 aromatic heterocycles. The van der Waals surface area contributed by atoms with Gasteiger partial charge in [0.25, 0.3) is 0 Å². The first kappa shape index (κ1) is 48.4. The maximum atomic E-state index is 12.5. The van der Waals surface area contributed by atoms with Gasteiger partial charge in [0.05, 0.1) is 19.8 Å². The number of phosphoric ester groups is 1. The molecule has 10 nitrogen and oxygen atoms in total. The second-order valence-corrected chi connectivity index (χ2v) is 13.8. The van der Waals surface area contributed by atoms with E-state index in [1.54, 1.807) is 0 Å². The van der Waals surface area contributed by atoms with Crippen LogP contribution in [-0.4, -0.2) is 60.5 Å². The molecule has 0 rings (SSSR count). The number of aliphatic carboxylic acids is 1. The van der Waals surface area contributed by atoms with Crippen LogP contribution in [0.3, 0.4) is 0 Å². The summed E-state index contributed by atoms with van der Waals surface area (Å²) in [5.41, 5.74) is 5.32. The van der Waals surface area contributed by atoms with Crippen LogP contribution in [0.5, 0.6) is 0 Å². The summed E-state index contributed by atoms with van der Waals surface area (Å²) in [6.45, 7) is 3.65. The molecule has 0 heterocycles. The molecule has 51 heavy (non-hydrogen) atoms. The van der Waals surface area contributed by atoms with Crippen molar-refractivity contribution >= 4 is 19.8 Å². The van der Waals surface area contributed by atoms with E-state index >= 15 is 0 Å². The van der Waals surface area contributed by atoms with Gasteiger partial charge in [-0.05, 0) is 64.2 Å².